The van der Waals surface area contributed by atoms with Crippen LogP contribution in [0.5, 0.6) is 17.2 Å². The third-order valence-corrected chi connectivity index (χ3v) is 7.48. The summed E-state index contributed by atoms with van der Waals surface area (Å²) >= 11 is 7.30. The second-order valence-corrected chi connectivity index (χ2v) is 10.4. The number of benzene rings is 4. The highest BCUT2D eigenvalue weighted by atomic mass is 35.5. The summed E-state index contributed by atoms with van der Waals surface area (Å²) in [5.74, 6) is 0.304. The SMILES string of the molecule is COc1ccc(NC(=O)CN2C(=O)S/C(=C/c3cc(Cl)c(OCc4ccc5ccccc5c4)c(OC)c3)C2=O)cc1. The van der Waals surface area contributed by atoms with Crippen LogP contribution in [0.2, 0.25) is 5.02 Å². The first-order valence-electron chi connectivity index (χ1n) is 12.5. The molecule has 10 heteroatoms. The van der Waals surface area contributed by atoms with Crippen molar-refractivity contribution in [3.63, 3.8) is 0 Å². The van der Waals surface area contributed by atoms with E-state index in [1.807, 2.05) is 36.4 Å². The van der Waals surface area contributed by atoms with Crippen molar-refractivity contribution in [1.29, 1.82) is 0 Å². The number of hydrogen-bond donors (Lipinski definition) is 1. The van der Waals surface area contributed by atoms with Gasteiger partial charge < -0.3 is 19.5 Å². The van der Waals surface area contributed by atoms with Gasteiger partial charge in [0, 0.05) is 5.69 Å². The molecule has 0 saturated carbocycles. The summed E-state index contributed by atoms with van der Waals surface area (Å²) in [4.78, 5) is 39.1. The number of nitrogens with zero attached hydrogens (tertiary/aromatic N) is 1. The van der Waals surface area contributed by atoms with Crippen molar-refractivity contribution in [2.45, 2.75) is 6.61 Å². The molecule has 1 saturated heterocycles. The molecule has 1 fully saturated rings. The molecule has 0 unspecified atom stereocenters. The molecule has 0 spiro atoms. The zero-order valence-corrected chi connectivity index (χ0v) is 23.8. The molecule has 0 atom stereocenters. The quantitative estimate of drug-likeness (QED) is 0.216. The zero-order chi connectivity index (χ0) is 28.9. The Hall–Kier alpha value is -4.47. The third-order valence-electron chi connectivity index (χ3n) is 6.30. The maximum Gasteiger partial charge on any atom is 0.294 e. The van der Waals surface area contributed by atoms with Crippen LogP contribution in [-0.2, 0) is 16.2 Å². The van der Waals surface area contributed by atoms with E-state index < -0.39 is 23.6 Å². The first-order chi connectivity index (χ1) is 19.8. The standard InChI is InChI=1S/C31H25ClN2O6S/c1-38-24-11-9-23(10-12-24)33-28(35)17-34-30(36)27(41-31(34)37)16-20-14-25(32)29(26(15-20)39-2)40-18-19-7-8-21-5-3-4-6-22(21)13-19/h3-16H,17-18H2,1-2H3,(H,33,35)/b27-16+. The topological polar surface area (TPSA) is 94.2 Å². The molecular formula is C31H25ClN2O6S. The van der Waals surface area contributed by atoms with Crippen molar-refractivity contribution in [3.8, 4) is 17.2 Å². The molecular weight excluding hydrogens is 564 g/mol. The summed E-state index contributed by atoms with van der Waals surface area (Å²) < 4.78 is 16.6. The van der Waals surface area contributed by atoms with Crippen LogP contribution in [0.25, 0.3) is 16.8 Å². The number of nitrogens with one attached hydrogen (secondary N) is 1. The molecule has 8 nitrogen and oxygen atoms in total. The Morgan fingerprint density at radius 1 is 0.951 bits per heavy atom. The van der Waals surface area contributed by atoms with Crippen LogP contribution in [0, 0.1) is 0 Å². The number of fused-ring (bicyclic) bond motifs is 1. The van der Waals surface area contributed by atoms with Crippen LogP contribution in [0.3, 0.4) is 0 Å². The molecule has 1 N–H and O–H groups in total. The van der Waals surface area contributed by atoms with Crippen molar-refractivity contribution in [2.24, 2.45) is 0 Å². The van der Waals surface area contributed by atoms with E-state index in [0.29, 0.717) is 28.5 Å². The highest BCUT2D eigenvalue weighted by Crippen LogP contribution is 2.39. The van der Waals surface area contributed by atoms with Gasteiger partial charge in [-0.2, -0.15) is 0 Å². The minimum atomic E-state index is -0.573. The summed E-state index contributed by atoms with van der Waals surface area (Å²) in [7, 11) is 3.04. The normalized spacial score (nSPS) is 14.0. The minimum Gasteiger partial charge on any atom is -0.497 e. The summed E-state index contributed by atoms with van der Waals surface area (Å²) in [6.45, 7) is -0.141. The van der Waals surface area contributed by atoms with Gasteiger partial charge in [-0.05, 0) is 82.2 Å². The number of halogens is 1. The molecule has 41 heavy (non-hydrogen) atoms. The Balaban J connectivity index is 1.27. The molecule has 0 radical (unpaired) electrons. The molecule has 4 aromatic carbocycles. The van der Waals surface area contributed by atoms with Crippen LogP contribution < -0.4 is 19.5 Å². The van der Waals surface area contributed by atoms with E-state index in [-0.39, 0.29) is 16.5 Å². The monoisotopic (exact) mass is 588 g/mol. The van der Waals surface area contributed by atoms with E-state index >= 15 is 0 Å². The maximum absolute atomic E-state index is 13.0. The van der Waals surface area contributed by atoms with Crippen LogP contribution in [0.15, 0.2) is 83.8 Å². The Bertz CT molecular complexity index is 1670. The molecule has 4 aromatic rings. The molecule has 0 aromatic heterocycles. The van der Waals surface area contributed by atoms with E-state index in [2.05, 4.69) is 11.4 Å². The predicted octanol–water partition coefficient (Wildman–Crippen LogP) is 6.76. The number of rotatable bonds is 9. The zero-order valence-electron chi connectivity index (χ0n) is 22.2. The first kappa shape index (κ1) is 28.1. The Labute approximate surface area is 245 Å². The van der Waals surface area contributed by atoms with Gasteiger partial charge in [0.1, 0.15) is 18.9 Å². The molecule has 1 heterocycles. The number of hydrogen-bond acceptors (Lipinski definition) is 7. The minimum absolute atomic E-state index is 0.162. The van der Waals surface area contributed by atoms with Crippen LogP contribution in [-0.4, -0.2) is 42.7 Å². The van der Waals surface area contributed by atoms with E-state index in [9.17, 15) is 14.4 Å². The van der Waals surface area contributed by atoms with Gasteiger partial charge in [0.25, 0.3) is 11.1 Å². The summed E-state index contributed by atoms with van der Waals surface area (Å²) in [6, 6.07) is 24.1. The van der Waals surface area contributed by atoms with Gasteiger partial charge in [-0.3, -0.25) is 19.3 Å². The van der Waals surface area contributed by atoms with E-state index in [4.69, 9.17) is 25.8 Å². The first-order valence-corrected chi connectivity index (χ1v) is 13.7. The summed E-state index contributed by atoms with van der Waals surface area (Å²) in [5.41, 5.74) is 2.02. The summed E-state index contributed by atoms with van der Waals surface area (Å²) in [6.07, 6.45) is 1.54. The Kier molecular flexibility index (Phi) is 8.47. The molecule has 208 valence electrons. The third kappa shape index (κ3) is 6.48. The Morgan fingerprint density at radius 2 is 1.71 bits per heavy atom. The van der Waals surface area contributed by atoms with Crippen molar-refractivity contribution in [1.82, 2.24) is 4.90 Å². The van der Waals surface area contributed by atoms with Crippen LogP contribution >= 0.6 is 23.4 Å². The maximum atomic E-state index is 13.0. The van der Waals surface area contributed by atoms with Crippen molar-refractivity contribution in [3.05, 3.63) is 99.9 Å². The van der Waals surface area contributed by atoms with E-state index in [1.54, 1.807) is 43.5 Å². The number of amides is 3. The largest absolute Gasteiger partial charge is 0.497 e. The van der Waals surface area contributed by atoms with Crippen LogP contribution in [0.1, 0.15) is 11.1 Å². The molecule has 3 amide bonds. The molecule has 1 aliphatic heterocycles. The number of thioether (sulfide) groups is 1. The Morgan fingerprint density at radius 3 is 2.44 bits per heavy atom. The summed E-state index contributed by atoms with van der Waals surface area (Å²) in [5, 5.41) is 4.66. The number of anilines is 1. The number of carbonyl (C=O) groups is 3. The average molecular weight is 589 g/mol. The van der Waals surface area contributed by atoms with Crippen molar-refractivity contribution in [2.75, 3.05) is 26.1 Å². The van der Waals surface area contributed by atoms with Gasteiger partial charge in [0.05, 0.1) is 24.1 Å². The predicted molar refractivity (Wildman–Crippen MR) is 161 cm³/mol. The van der Waals surface area contributed by atoms with Crippen LogP contribution in [0.4, 0.5) is 10.5 Å². The number of imide groups is 1. The van der Waals surface area contributed by atoms with Gasteiger partial charge in [0.15, 0.2) is 11.5 Å². The smallest absolute Gasteiger partial charge is 0.294 e. The fourth-order valence-corrected chi connectivity index (χ4v) is 5.37. The molecule has 0 bridgehead atoms. The fraction of sp³-hybridized carbons (Fsp3) is 0.129. The van der Waals surface area contributed by atoms with E-state index in [1.165, 1.54) is 13.2 Å². The fourth-order valence-electron chi connectivity index (χ4n) is 4.25. The van der Waals surface area contributed by atoms with Gasteiger partial charge in [0.2, 0.25) is 5.91 Å². The number of methoxy groups -OCH3 is 2. The average Bonchev–Trinajstić information content (AvgIpc) is 3.23. The van der Waals surface area contributed by atoms with E-state index in [0.717, 1.165) is 33.0 Å². The van der Waals surface area contributed by atoms with Crippen molar-refractivity contribution < 1.29 is 28.6 Å². The van der Waals surface area contributed by atoms with Gasteiger partial charge in [-0.25, -0.2) is 0 Å². The molecule has 5 rings (SSSR count). The van der Waals surface area contributed by atoms with Crippen molar-refractivity contribution >= 4 is 63.0 Å². The highest BCUT2D eigenvalue weighted by molar-refractivity contribution is 8.18. The van der Waals surface area contributed by atoms with Gasteiger partial charge in [-0.15, -0.1) is 0 Å². The molecule has 0 aliphatic carbocycles. The highest BCUT2D eigenvalue weighted by Gasteiger charge is 2.36. The second kappa shape index (κ2) is 12.4. The lowest BCUT2D eigenvalue weighted by atomic mass is 10.1. The number of ether oxygens (including phenoxy) is 3. The lowest BCUT2D eigenvalue weighted by molar-refractivity contribution is -0.127. The second-order valence-electron chi connectivity index (χ2n) is 9.05. The van der Waals surface area contributed by atoms with Gasteiger partial charge >= 0.3 is 0 Å². The van der Waals surface area contributed by atoms with Gasteiger partial charge in [-0.1, -0.05) is 48.0 Å². The lowest BCUT2D eigenvalue weighted by Gasteiger charge is -2.14. The molecule has 1 aliphatic rings. The lowest BCUT2D eigenvalue weighted by Crippen LogP contribution is -2.36. The number of carbonyl (C=O) groups excluding carboxylic acids is 3.